The van der Waals surface area contributed by atoms with Crippen LogP contribution in [0.4, 0.5) is 5.13 Å². The summed E-state index contributed by atoms with van der Waals surface area (Å²) >= 11 is 1.37. The molecule has 3 heterocycles. The lowest BCUT2D eigenvalue weighted by Gasteiger charge is -2.00. The van der Waals surface area contributed by atoms with E-state index in [1.807, 2.05) is 30.5 Å². The van der Waals surface area contributed by atoms with E-state index < -0.39 is 0 Å². The van der Waals surface area contributed by atoms with Crippen LogP contribution in [-0.2, 0) is 6.54 Å². The van der Waals surface area contributed by atoms with Crippen molar-refractivity contribution in [1.82, 2.24) is 14.8 Å². The summed E-state index contributed by atoms with van der Waals surface area (Å²) in [7, 11) is 0. The molecule has 122 valence electrons. The molecule has 24 heavy (non-hydrogen) atoms. The SMILES string of the molecule is CCn1cc(C(=O)Nc2nc(-c3ccc4c(c3)OCO4)cs2)cn1. The zero-order chi connectivity index (χ0) is 16.5. The molecule has 0 saturated heterocycles. The van der Waals surface area contributed by atoms with E-state index in [1.54, 1.807) is 17.1 Å². The Balaban J connectivity index is 1.51. The Morgan fingerprint density at radius 3 is 3.08 bits per heavy atom. The van der Waals surface area contributed by atoms with Gasteiger partial charge in [-0.05, 0) is 25.1 Å². The Morgan fingerprint density at radius 1 is 1.38 bits per heavy atom. The lowest BCUT2D eigenvalue weighted by Crippen LogP contribution is -2.10. The van der Waals surface area contributed by atoms with Gasteiger partial charge in [0.1, 0.15) is 0 Å². The average Bonchev–Trinajstić information content (AvgIpc) is 3.33. The van der Waals surface area contributed by atoms with Crippen LogP contribution < -0.4 is 14.8 Å². The Kier molecular flexibility index (Phi) is 3.66. The quantitative estimate of drug-likeness (QED) is 0.788. The predicted molar refractivity (Wildman–Crippen MR) is 89.5 cm³/mol. The summed E-state index contributed by atoms with van der Waals surface area (Å²) in [4.78, 5) is 16.7. The molecular formula is C16H14N4O3S. The second kappa shape index (κ2) is 5.97. The minimum atomic E-state index is -0.221. The number of amides is 1. The zero-order valence-electron chi connectivity index (χ0n) is 12.9. The maximum atomic E-state index is 12.2. The highest BCUT2D eigenvalue weighted by molar-refractivity contribution is 7.14. The monoisotopic (exact) mass is 342 g/mol. The maximum Gasteiger partial charge on any atom is 0.260 e. The fraction of sp³-hybridized carbons (Fsp3) is 0.188. The second-order valence-corrected chi connectivity index (χ2v) is 6.00. The fourth-order valence-electron chi connectivity index (χ4n) is 2.34. The van der Waals surface area contributed by atoms with Crippen molar-refractivity contribution in [3.8, 4) is 22.8 Å². The molecular weight excluding hydrogens is 328 g/mol. The summed E-state index contributed by atoms with van der Waals surface area (Å²) in [6.07, 6.45) is 3.26. The van der Waals surface area contributed by atoms with Crippen LogP contribution in [0.3, 0.4) is 0 Å². The minimum Gasteiger partial charge on any atom is -0.454 e. The number of benzene rings is 1. The minimum absolute atomic E-state index is 0.221. The van der Waals surface area contributed by atoms with Crippen molar-refractivity contribution in [3.63, 3.8) is 0 Å². The van der Waals surface area contributed by atoms with Gasteiger partial charge >= 0.3 is 0 Å². The Bertz CT molecular complexity index is 902. The first kappa shape index (κ1) is 14.7. The van der Waals surface area contributed by atoms with Gasteiger partial charge in [-0.3, -0.25) is 14.8 Å². The van der Waals surface area contributed by atoms with E-state index >= 15 is 0 Å². The molecule has 0 bridgehead atoms. The summed E-state index contributed by atoms with van der Waals surface area (Å²) in [6, 6.07) is 5.65. The topological polar surface area (TPSA) is 78.3 Å². The van der Waals surface area contributed by atoms with Gasteiger partial charge in [0.2, 0.25) is 6.79 Å². The summed E-state index contributed by atoms with van der Waals surface area (Å²) < 4.78 is 12.4. The lowest BCUT2D eigenvalue weighted by atomic mass is 10.1. The number of fused-ring (bicyclic) bond motifs is 1. The van der Waals surface area contributed by atoms with E-state index in [4.69, 9.17) is 9.47 Å². The number of nitrogens with zero attached hydrogens (tertiary/aromatic N) is 3. The third-order valence-corrected chi connectivity index (χ3v) is 4.37. The summed E-state index contributed by atoms with van der Waals surface area (Å²) in [5.74, 6) is 1.22. The van der Waals surface area contributed by atoms with Gasteiger partial charge in [0.05, 0.1) is 17.5 Å². The van der Waals surface area contributed by atoms with Gasteiger partial charge in [-0.1, -0.05) is 0 Å². The molecule has 0 aliphatic carbocycles. The van der Waals surface area contributed by atoms with Crippen LogP contribution in [0.15, 0.2) is 36.0 Å². The number of hydrogen-bond acceptors (Lipinski definition) is 6. The fourth-order valence-corrected chi connectivity index (χ4v) is 3.06. The average molecular weight is 342 g/mol. The van der Waals surface area contributed by atoms with Crippen LogP contribution in [0.5, 0.6) is 11.5 Å². The highest BCUT2D eigenvalue weighted by Crippen LogP contribution is 2.36. The number of aromatic nitrogens is 3. The summed E-state index contributed by atoms with van der Waals surface area (Å²) in [6.45, 7) is 2.93. The Labute approximate surface area is 141 Å². The molecule has 1 aliphatic rings. The smallest absolute Gasteiger partial charge is 0.260 e. The first-order valence-electron chi connectivity index (χ1n) is 7.42. The van der Waals surface area contributed by atoms with Crippen molar-refractivity contribution in [3.05, 3.63) is 41.5 Å². The van der Waals surface area contributed by atoms with E-state index in [0.717, 1.165) is 23.6 Å². The summed E-state index contributed by atoms with van der Waals surface area (Å²) in [5.41, 5.74) is 2.20. The van der Waals surface area contributed by atoms with Gasteiger partial charge in [-0.25, -0.2) is 4.98 Å². The van der Waals surface area contributed by atoms with Gasteiger partial charge < -0.3 is 9.47 Å². The van der Waals surface area contributed by atoms with E-state index in [1.165, 1.54) is 11.3 Å². The third-order valence-electron chi connectivity index (χ3n) is 3.61. The molecule has 0 spiro atoms. The number of anilines is 1. The van der Waals surface area contributed by atoms with Crippen LogP contribution >= 0.6 is 11.3 Å². The molecule has 2 aromatic heterocycles. The summed E-state index contributed by atoms with van der Waals surface area (Å²) in [5, 5.41) is 9.32. The third kappa shape index (κ3) is 2.71. The molecule has 1 N–H and O–H groups in total. The number of carbonyl (C=O) groups is 1. The molecule has 3 aromatic rings. The van der Waals surface area contributed by atoms with Crippen molar-refractivity contribution in [1.29, 1.82) is 0 Å². The highest BCUT2D eigenvalue weighted by Gasteiger charge is 2.16. The van der Waals surface area contributed by atoms with Crippen LogP contribution in [0, 0.1) is 0 Å². The van der Waals surface area contributed by atoms with Crippen molar-refractivity contribution in [2.45, 2.75) is 13.5 Å². The number of nitrogens with one attached hydrogen (secondary N) is 1. The number of thiazole rings is 1. The van der Waals surface area contributed by atoms with Gasteiger partial charge in [0.15, 0.2) is 16.6 Å². The number of rotatable bonds is 4. The number of carbonyl (C=O) groups excluding carboxylic acids is 1. The van der Waals surface area contributed by atoms with E-state index in [2.05, 4.69) is 15.4 Å². The van der Waals surface area contributed by atoms with Crippen molar-refractivity contribution >= 4 is 22.4 Å². The molecule has 8 heteroatoms. The largest absolute Gasteiger partial charge is 0.454 e. The van der Waals surface area contributed by atoms with E-state index in [-0.39, 0.29) is 12.7 Å². The molecule has 7 nitrogen and oxygen atoms in total. The molecule has 0 atom stereocenters. The molecule has 0 radical (unpaired) electrons. The highest BCUT2D eigenvalue weighted by atomic mass is 32.1. The molecule has 1 aromatic carbocycles. The molecule has 0 saturated carbocycles. The zero-order valence-corrected chi connectivity index (χ0v) is 13.7. The Morgan fingerprint density at radius 2 is 2.25 bits per heavy atom. The Hall–Kier alpha value is -2.87. The molecule has 1 aliphatic heterocycles. The van der Waals surface area contributed by atoms with Crippen LogP contribution in [0.2, 0.25) is 0 Å². The van der Waals surface area contributed by atoms with Crippen molar-refractivity contribution < 1.29 is 14.3 Å². The van der Waals surface area contributed by atoms with Gasteiger partial charge in [-0.2, -0.15) is 5.10 Å². The van der Waals surface area contributed by atoms with Gasteiger partial charge in [0, 0.05) is 23.7 Å². The number of aryl methyl sites for hydroxylation is 1. The van der Waals surface area contributed by atoms with Gasteiger partial charge in [0.25, 0.3) is 5.91 Å². The van der Waals surface area contributed by atoms with Gasteiger partial charge in [-0.15, -0.1) is 11.3 Å². The van der Waals surface area contributed by atoms with Crippen molar-refractivity contribution in [2.24, 2.45) is 0 Å². The van der Waals surface area contributed by atoms with Crippen LogP contribution in [-0.4, -0.2) is 27.5 Å². The molecule has 0 unspecified atom stereocenters. The predicted octanol–water partition coefficient (Wildman–Crippen LogP) is 3.01. The molecule has 4 rings (SSSR count). The first-order valence-corrected chi connectivity index (χ1v) is 8.30. The number of ether oxygens (including phenoxy) is 2. The standard InChI is InChI=1S/C16H14N4O3S/c1-2-20-7-11(6-17-20)15(21)19-16-18-12(8-24-16)10-3-4-13-14(5-10)23-9-22-13/h3-8H,2,9H2,1H3,(H,18,19,21). The van der Waals surface area contributed by atoms with Crippen LogP contribution in [0.25, 0.3) is 11.3 Å². The van der Waals surface area contributed by atoms with Crippen LogP contribution in [0.1, 0.15) is 17.3 Å². The van der Waals surface area contributed by atoms with Crippen molar-refractivity contribution in [2.75, 3.05) is 12.1 Å². The normalized spacial score (nSPS) is 12.4. The molecule has 0 fully saturated rings. The number of hydrogen-bond donors (Lipinski definition) is 1. The lowest BCUT2D eigenvalue weighted by molar-refractivity contribution is 0.102. The maximum absolute atomic E-state index is 12.2. The van der Waals surface area contributed by atoms with E-state index in [0.29, 0.717) is 16.4 Å². The molecule has 1 amide bonds. The van der Waals surface area contributed by atoms with E-state index in [9.17, 15) is 4.79 Å². The second-order valence-electron chi connectivity index (χ2n) is 5.14. The first-order chi connectivity index (χ1) is 11.7.